The number of amides is 1. The van der Waals surface area contributed by atoms with Gasteiger partial charge in [0, 0.05) is 6.54 Å². The number of benzene rings is 1. The van der Waals surface area contributed by atoms with Gasteiger partial charge in [0.1, 0.15) is 16.7 Å². The van der Waals surface area contributed by atoms with Crippen molar-refractivity contribution in [3.05, 3.63) is 58.9 Å². The summed E-state index contributed by atoms with van der Waals surface area (Å²) in [7, 11) is 0. The molecule has 0 radical (unpaired) electrons. The maximum Gasteiger partial charge on any atom is 0.274 e. The van der Waals surface area contributed by atoms with E-state index in [-0.39, 0.29) is 28.6 Å². The van der Waals surface area contributed by atoms with Gasteiger partial charge in [-0.3, -0.25) is 4.79 Å². The van der Waals surface area contributed by atoms with Crippen molar-refractivity contribution >= 4 is 17.5 Å². The van der Waals surface area contributed by atoms with Crippen LogP contribution in [0.25, 0.3) is 0 Å². The third-order valence-electron chi connectivity index (χ3n) is 3.26. The number of nitrogens with zero attached hydrogens (tertiary/aromatic N) is 3. The molecule has 4 nitrogen and oxygen atoms in total. The number of halogens is 2. The van der Waals surface area contributed by atoms with Crippen LogP contribution >= 0.6 is 11.6 Å². The standard InChI is InChI=1S/C15H15ClFN3O/c1-3-20(10(2)11-4-6-12(17)7-5-11)15(21)13-8-19-14(16)9-18-13/h4-10H,3H2,1-2H3. The summed E-state index contributed by atoms with van der Waals surface area (Å²) in [4.78, 5) is 22.0. The van der Waals surface area contributed by atoms with Crippen molar-refractivity contribution in [3.8, 4) is 0 Å². The van der Waals surface area contributed by atoms with Crippen molar-refractivity contribution in [2.75, 3.05) is 6.54 Å². The number of hydrogen-bond donors (Lipinski definition) is 0. The van der Waals surface area contributed by atoms with E-state index in [1.165, 1.54) is 24.5 Å². The van der Waals surface area contributed by atoms with Crippen LogP contribution in [0, 0.1) is 5.82 Å². The molecule has 2 aromatic rings. The molecule has 110 valence electrons. The Bertz CT molecular complexity index is 616. The predicted molar refractivity (Wildman–Crippen MR) is 78.6 cm³/mol. The summed E-state index contributed by atoms with van der Waals surface area (Å²) in [6, 6.07) is 5.91. The smallest absolute Gasteiger partial charge is 0.274 e. The molecule has 1 aromatic carbocycles. The first kappa shape index (κ1) is 15.4. The number of aromatic nitrogens is 2. The minimum atomic E-state index is -0.302. The monoisotopic (exact) mass is 307 g/mol. The Balaban J connectivity index is 2.23. The molecule has 0 N–H and O–H groups in total. The zero-order valence-corrected chi connectivity index (χ0v) is 12.5. The highest BCUT2D eigenvalue weighted by molar-refractivity contribution is 6.29. The van der Waals surface area contributed by atoms with Gasteiger partial charge in [-0.1, -0.05) is 23.7 Å². The molecule has 0 fully saturated rings. The molecule has 1 unspecified atom stereocenters. The van der Waals surface area contributed by atoms with E-state index in [0.29, 0.717) is 6.54 Å². The molecule has 1 aromatic heterocycles. The van der Waals surface area contributed by atoms with Gasteiger partial charge in [0.15, 0.2) is 0 Å². The van der Waals surface area contributed by atoms with Gasteiger partial charge in [-0.25, -0.2) is 14.4 Å². The van der Waals surface area contributed by atoms with Crippen LogP contribution in [0.5, 0.6) is 0 Å². The molecule has 0 aliphatic heterocycles. The first-order valence-electron chi connectivity index (χ1n) is 6.57. The van der Waals surface area contributed by atoms with Gasteiger partial charge in [0.05, 0.1) is 18.4 Å². The van der Waals surface area contributed by atoms with Crippen molar-refractivity contribution in [2.24, 2.45) is 0 Å². The molecule has 6 heteroatoms. The van der Waals surface area contributed by atoms with Crippen LogP contribution in [0.4, 0.5) is 4.39 Å². The highest BCUT2D eigenvalue weighted by Crippen LogP contribution is 2.22. The van der Waals surface area contributed by atoms with Crippen LogP contribution in [0.15, 0.2) is 36.7 Å². The lowest BCUT2D eigenvalue weighted by molar-refractivity contribution is 0.0695. The molecule has 1 atom stereocenters. The van der Waals surface area contributed by atoms with Crippen molar-refractivity contribution in [1.82, 2.24) is 14.9 Å². The summed E-state index contributed by atoms with van der Waals surface area (Å²) >= 11 is 5.67. The van der Waals surface area contributed by atoms with Gasteiger partial charge in [-0.2, -0.15) is 0 Å². The summed E-state index contributed by atoms with van der Waals surface area (Å²) in [5, 5.41) is 0.237. The van der Waals surface area contributed by atoms with Gasteiger partial charge >= 0.3 is 0 Å². The summed E-state index contributed by atoms with van der Waals surface area (Å²) in [6.07, 6.45) is 2.69. The van der Waals surface area contributed by atoms with E-state index in [1.54, 1.807) is 17.0 Å². The summed E-state index contributed by atoms with van der Waals surface area (Å²) in [5.41, 5.74) is 1.09. The van der Waals surface area contributed by atoms with E-state index in [9.17, 15) is 9.18 Å². The summed E-state index contributed by atoms with van der Waals surface area (Å²) in [6.45, 7) is 4.26. The van der Waals surface area contributed by atoms with E-state index < -0.39 is 0 Å². The van der Waals surface area contributed by atoms with E-state index in [0.717, 1.165) is 5.56 Å². The van der Waals surface area contributed by atoms with Crippen LogP contribution in [0.2, 0.25) is 5.15 Å². The molecular formula is C15H15ClFN3O. The second-order valence-electron chi connectivity index (χ2n) is 4.54. The molecule has 0 saturated heterocycles. The first-order chi connectivity index (χ1) is 10.0. The average molecular weight is 308 g/mol. The molecule has 0 saturated carbocycles. The Hall–Kier alpha value is -2.01. The zero-order valence-electron chi connectivity index (χ0n) is 11.8. The Morgan fingerprint density at radius 2 is 1.95 bits per heavy atom. The van der Waals surface area contributed by atoms with Crippen LogP contribution in [-0.2, 0) is 0 Å². The van der Waals surface area contributed by atoms with Gasteiger partial charge in [0.2, 0.25) is 0 Å². The van der Waals surface area contributed by atoms with E-state index in [4.69, 9.17) is 11.6 Å². The lowest BCUT2D eigenvalue weighted by Gasteiger charge is -2.28. The highest BCUT2D eigenvalue weighted by atomic mass is 35.5. The SMILES string of the molecule is CCN(C(=O)c1cnc(Cl)cn1)C(C)c1ccc(F)cc1. The van der Waals surface area contributed by atoms with E-state index in [2.05, 4.69) is 9.97 Å². The zero-order chi connectivity index (χ0) is 15.4. The van der Waals surface area contributed by atoms with Crippen molar-refractivity contribution in [3.63, 3.8) is 0 Å². The highest BCUT2D eigenvalue weighted by Gasteiger charge is 2.22. The topological polar surface area (TPSA) is 46.1 Å². The lowest BCUT2D eigenvalue weighted by atomic mass is 10.1. The van der Waals surface area contributed by atoms with Crippen molar-refractivity contribution in [1.29, 1.82) is 0 Å². The quantitative estimate of drug-likeness (QED) is 0.868. The molecule has 21 heavy (non-hydrogen) atoms. The van der Waals surface area contributed by atoms with Crippen molar-refractivity contribution in [2.45, 2.75) is 19.9 Å². The Morgan fingerprint density at radius 3 is 2.48 bits per heavy atom. The summed E-state index contributed by atoms with van der Waals surface area (Å²) in [5.74, 6) is -0.539. The first-order valence-corrected chi connectivity index (χ1v) is 6.94. The molecule has 1 heterocycles. The predicted octanol–water partition coefficient (Wildman–Crippen LogP) is 3.49. The molecule has 0 aliphatic carbocycles. The Labute approximate surface area is 127 Å². The van der Waals surface area contributed by atoms with Crippen LogP contribution in [0.1, 0.15) is 35.9 Å². The molecule has 0 spiro atoms. The number of hydrogen-bond acceptors (Lipinski definition) is 3. The molecule has 1 amide bonds. The maximum atomic E-state index is 13.0. The van der Waals surface area contributed by atoms with Crippen molar-refractivity contribution < 1.29 is 9.18 Å². The van der Waals surface area contributed by atoms with Crippen LogP contribution in [-0.4, -0.2) is 27.3 Å². The van der Waals surface area contributed by atoms with Crippen LogP contribution in [0.3, 0.4) is 0 Å². The molecule has 0 aliphatic rings. The number of rotatable bonds is 4. The van der Waals surface area contributed by atoms with Gasteiger partial charge in [-0.15, -0.1) is 0 Å². The molecular weight excluding hydrogens is 293 g/mol. The molecule has 0 bridgehead atoms. The minimum Gasteiger partial charge on any atom is -0.331 e. The minimum absolute atomic E-state index is 0.194. The van der Waals surface area contributed by atoms with E-state index in [1.807, 2.05) is 13.8 Å². The number of carbonyl (C=O) groups is 1. The largest absolute Gasteiger partial charge is 0.331 e. The van der Waals surface area contributed by atoms with Gasteiger partial charge < -0.3 is 4.90 Å². The molecule has 2 rings (SSSR count). The fourth-order valence-electron chi connectivity index (χ4n) is 2.08. The summed E-state index contributed by atoms with van der Waals surface area (Å²) < 4.78 is 13.0. The fourth-order valence-corrected chi connectivity index (χ4v) is 2.18. The van der Waals surface area contributed by atoms with Gasteiger partial charge in [0.25, 0.3) is 5.91 Å². The van der Waals surface area contributed by atoms with E-state index >= 15 is 0 Å². The maximum absolute atomic E-state index is 13.0. The third kappa shape index (κ3) is 3.55. The van der Waals surface area contributed by atoms with Crippen LogP contribution < -0.4 is 0 Å². The van der Waals surface area contributed by atoms with Gasteiger partial charge in [-0.05, 0) is 31.5 Å². The second kappa shape index (κ2) is 6.63. The average Bonchev–Trinajstić information content (AvgIpc) is 2.49. The fraction of sp³-hybridized carbons (Fsp3) is 0.267. The number of carbonyl (C=O) groups excluding carboxylic acids is 1. The Morgan fingerprint density at radius 1 is 1.29 bits per heavy atom. The second-order valence-corrected chi connectivity index (χ2v) is 4.93. The lowest BCUT2D eigenvalue weighted by Crippen LogP contribution is -2.34. The Kier molecular flexibility index (Phi) is 4.85. The normalized spacial score (nSPS) is 12.0. The third-order valence-corrected chi connectivity index (χ3v) is 3.46.